The lowest BCUT2D eigenvalue weighted by Gasteiger charge is -2.29. The highest BCUT2D eigenvalue weighted by Crippen LogP contribution is 2.34. The summed E-state index contributed by atoms with van der Waals surface area (Å²) in [5, 5.41) is 7.19. The van der Waals surface area contributed by atoms with Crippen LogP contribution in [0.2, 0.25) is 10.0 Å². The zero-order chi connectivity index (χ0) is 15.9. The Hall–Kier alpha value is -1.46. The Bertz CT molecular complexity index is 561. The number of methoxy groups -OCH3 is 1. The summed E-state index contributed by atoms with van der Waals surface area (Å²) in [5.74, 6) is -0.476. The summed E-state index contributed by atoms with van der Waals surface area (Å²) in [4.78, 5) is 14.8. The number of esters is 1. The Morgan fingerprint density at radius 1 is 1.52 bits per heavy atom. The minimum Gasteiger partial charge on any atom is -0.467 e. The van der Waals surface area contributed by atoms with E-state index in [4.69, 9.17) is 33.5 Å². The van der Waals surface area contributed by atoms with E-state index in [1.165, 1.54) is 7.11 Å². The molecule has 1 unspecified atom stereocenters. The van der Waals surface area contributed by atoms with E-state index in [-0.39, 0.29) is 0 Å². The zero-order valence-corrected chi connectivity index (χ0v) is 13.3. The molecule has 1 atom stereocenters. The van der Waals surface area contributed by atoms with Gasteiger partial charge in [-0.05, 0) is 31.5 Å². The summed E-state index contributed by atoms with van der Waals surface area (Å²) in [6.07, 6.45) is 0.578. The number of carbonyl (C=O) groups is 1. The summed E-state index contributed by atoms with van der Waals surface area (Å²) >= 11 is 12.2. The van der Waals surface area contributed by atoms with Gasteiger partial charge in [0.25, 0.3) is 0 Å². The Labute approximate surface area is 133 Å². The topological polar surface area (TPSA) is 87.1 Å². The Morgan fingerprint density at radius 2 is 2.24 bits per heavy atom. The second kappa shape index (κ2) is 8.10. The Morgan fingerprint density at radius 3 is 2.86 bits per heavy atom. The van der Waals surface area contributed by atoms with Gasteiger partial charge in [0, 0.05) is 17.0 Å². The zero-order valence-electron chi connectivity index (χ0n) is 11.8. The van der Waals surface area contributed by atoms with Crippen molar-refractivity contribution in [3.63, 3.8) is 0 Å². The smallest absolute Gasteiger partial charge is 0.330 e. The summed E-state index contributed by atoms with van der Waals surface area (Å²) in [6, 6.07) is 5.07. The highest BCUT2D eigenvalue weighted by atomic mass is 35.5. The first-order valence-corrected chi connectivity index (χ1v) is 7.01. The molecule has 6 nitrogen and oxygen atoms in total. The molecule has 1 rings (SSSR count). The molecule has 114 valence electrons. The first-order chi connectivity index (χ1) is 9.97. The van der Waals surface area contributed by atoms with Gasteiger partial charge in [-0.25, -0.2) is 4.79 Å². The van der Waals surface area contributed by atoms with Crippen LogP contribution in [0.3, 0.4) is 0 Å². The molecule has 0 fully saturated rings. The van der Waals surface area contributed by atoms with Crippen LogP contribution in [0, 0.1) is 0 Å². The number of rotatable bonds is 7. The fraction of sp³-hybridized carbons (Fsp3) is 0.462. The van der Waals surface area contributed by atoms with Gasteiger partial charge in [0.15, 0.2) is 0 Å². The van der Waals surface area contributed by atoms with Gasteiger partial charge in [0.2, 0.25) is 0 Å². The van der Waals surface area contributed by atoms with Gasteiger partial charge in [-0.15, -0.1) is 0 Å². The first-order valence-electron chi connectivity index (χ1n) is 6.26. The lowest BCUT2D eigenvalue weighted by Crippen LogP contribution is -2.48. The molecule has 0 saturated heterocycles. The molecule has 0 aliphatic rings. The fourth-order valence-corrected chi connectivity index (χ4v) is 2.39. The van der Waals surface area contributed by atoms with E-state index in [0.717, 1.165) is 0 Å². The maximum atomic E-state index is 12.1. The number of hydrogen-bond donors (Lipinski definition) is 1. The monoisotopic (exact) mass is 330 g/mol. The molecule has 0 bridgehead atoms. The highest BCUT2D eigenvalue weighted by molar-refractivity contribution is 6.42. The molecular weight excluding hydrogens is 315 g/mol. The van der Waals surface area contributed by atoms with Crippen LogP contribution in [0.4, 0.5) is 0 Å². The van der Waals surface area contributed by atoms with Crippen LogP contribution < -0.4 is 5.32 Å². The third-order valence-electron chi connectivity index (χ3n) is 3.06. The predicted molar refractivity (Wildman–Crippen MR) is 82.5 cm³/mol. The van der Waals surface area contributed by atoms with Crippen molar-refractivity contribution in [2.24, 2.45) is 5.11 Å². The van der Waals surface area contributed by atoms with E-state index in [1.54, 1.807) is 25.1 Å². The van der Waals surface area contributed by atoms with Crippen LogP contribution in [-0.4, -0.2) is 26.2 Å². The molecule has 0 saturated carbocycles. The third-order valence-corrected chi connectivity index (χ3v) is 3.88. The first kappa shape index (κ1) is 17.6. The number of carbonyl (C=O) groups excluding carboxylic acids is 1. The van der Waals surface area contributed by atoms with Gasteiger partial charge in [0.05, 0.1) is 17.2 Å². The van der Waals surface area contributed by atoms with Gasteiger partial charge >= 0.3 is 5.97 Å². The molecule has 0 aromatic heterocycles. The van der Waals surface area contributed by atoms with Gasteiger partial charge in [-0.2, -0.15) is 0 Å². The predicted octanol–water partition coefficient (Wildman–Crippen LogP) is 3.67. The molecule has 1 aromatic rings. The van der Waals surface area contributed by atoms with Crippen LogP contribution in [0.1, 0.15) is 18.9 Å². The highest BCUT2D eigenvalue weighted by Gasteiger charge is 2.37. The van der Waals surface area contributed by atoms with Gasteiger partial charge in [-0.3, -0.25) is 5.32 Å². The molecule has 0 heterocycles. The van der Waals surface area contributed by atoms with E-state index in [2.05, 4.69) is 15.3 Å². The summed E-state index contributed by atoms with van der Waals surface area (Å²) in [5.41, 5.74) is 7.63. The quantitative estimate of drug-likeness (QED) is 0.272. The second-order valence-electron chi connectivity index (χ2n) is 4.45. The average Bonchev–Trinajstić information content (AvgIpc) is 2.48. The molecule has 8 heteroatoms. The van der Waals surface area contributed by atoms with Crippen molar-refractivity contribution in [3.05, 3.63) is 44.3 Å². The summed E-state index contributed by atoms with van der Waals surface area (Å²) in [7, 11) is 1.31. The molecule has 0 radical (unpaired) electrons. The van der Waals surface area contributed by atoms with E-state index < -0.39 is 11.5 Å². The molecule has 0 amide bonds. The second-order valence-corrected chi connectivity index (χ2v) is 5.24. The minimum absolute atomic E-state index is 0.301. The van der Waals surface area contributed by atoms with Crippen molar-refractivity contribution in [2.75, 3.05) is 20.2 Å². The Kier molecular flexibility index (Phi) is 6.78. The molecule has 21 heavy (non-hydrogen) atoms. The van der Waals surface area contributed by atoms with E-state index in [1.807, 2.05) is 0 Å². The van der Waals surface area contributed by atoms with Gasteiger partial charge in [0.1, 0.15) is 5.54 Å². The number of ether oxygens (including phenoxy) is 1. The molecular formula is C13H16Cl2N4O2. The fourth-order valence-electron chi connectivity index (χ4n) is 1.90. The van der Waals surface area contributed by atoms with E-state index >= 15 is 0 Å². The van der Waals surface area contributed by atoms with Gasteiger partial charge < -0.3 is 4.74 Å². The van der Waals surface area contributed by atoms with Crippen molar-refractivity contribution in [1.29, 1.82) is 0 Å². The number of halogens is 2. The number of azide groups is 1. The average molecular weight is 331 g/mol. The SMILES string of the molecule is COC(=O)C(C)(NCCCN=[N+]=[N-])c1cccc(Cl)c1Cl. The van der Waals surface area contributed by atoms with Crippen molar-refractivity contribution >= 4 is 29.2 Å². The summed E-state index contributed by atoms with van der Waals surface area (Å²) < 4.78 is 4.86. The maximum Gasteiger partial charge on any atom is 0.330 e. The van der Waals surface area contributed by atoms with Crippen LogP contribution in [0.5, 0.6) is 0 Å². The van der Waals surface area contributed by atoms with Crippen molar-refractivity contribution < 1.29 is 9.53 Å². The number of nitrogens with zero attached hydrogens (tertiary/aromatic N) is 3. The van der Waals surface area contributed by atoms with Crippen LogP contribution in [-0.2, 0) is 15.1 Å². The lowest BCUT2D eigenvalue weighted by molar-refractivity contribution is -0.148. The molecule has 0 spiro atoms. The third kappa shape index (κ3) is 4.25. The Balaban J connectivity index is 3.01. The largest absolute Gasteiger partial charge is 0.467 e. The number of hydrogen-bond acceptors (Lipinski definition) is 4. The standard InChI is InChI=1S/C13H16Cl2N4O2/c1-13(12(20)21-2,17-7-4-8-18-19-16)9-5-3-6-10(14)11(9)15/h3,5-6,17H,4,7-8H2,1-2H3. The van der Waals surface area contributed by atoms with Crippen molar-refractivity contribution in [3.8, 4) is 0 Å². The number of nitrogens with one attached hydrogen (secondary N) is 1. The molecule has 1 N–H and O–H groups in total. The number of benzene rings is 1. The summed E-state index contributed by atoms with van der Waals surface area (Å²) in [6.45, 7) is 2.46. The van der Waals surface area contributed by atoms with Crippen molar-refractivity contribution in [1.82, 2.24) is 5.32 Å². The van der Waals surface area contributed by atoms with Crippen molar-refractivity contribution in [2.45, 2.75) is 18.9 Å². The normalized spacial score (nSPS) is 13.1. The molecule has 0 aliphatic heterocycles. The van der Waals surface area contributed by atoms with E-state index in [9.17, 15) is 4.79 Å². The van der Waals surface area contributed by atoms with Gasteiger partial charge in [-0.1, -0.05) is 40.4 Å². The molecule has 1 aromatic carbocycles. The lowest BCUT2D eigenvalue weighted by atomic mass is 9.91. The minimum atomic E-state index is -1.13. The maximum absolute atomic E-state index is 12.1. The van der Waals surface area contributed by atoms with Crippen LogP contribution in [0.15, 0.2) is 23.3 Å². The molecule has 0 aliphatic carbocycles. The van der Waals surface area contributed by atoms with Crippen LogP contribution >= 0.6 is 23.2 Å². The van der Waals surface area contributed by atoms with Crippen LogP contribution in [0.25, 0.3) is 10.4 Å². The van der Waals surface area contributed by atoms with E-state index in [0.29, 0.717) is 35.1 Å².